The molecule has 22 heavy (non-hydrogen) atoms. The zero-order valence-corrected chi connectivity index (χ0v) is 11.9. The molecule has 0 atom stereocenters. The Morgan fingerprint density at radius 3 is 2.18 bits per heavy atom. The summed E-state index contributed by atoms with van der Waals surface area (Å²) >= 11 is 0. The zero-order chi connectivity index (χ0) is 15.6. The van der Waals surface area contributed by atoms with Crippen LogP contribution in [0.25, 0.3) is 6.08 Å². The third kappa shape index (κ3) is 5.42. The number of nitrogens with two attached hydrogens (primary N) is 1. The van der Waals surface area contributed by atoms with Crippen LogP contribution in [0.4, 0.5) is 0 Å². The van der Waals surface area contributed by atoms with Crippen LogP contribution in [0.3, 0.4) is 0 Å². The molecule has 5 heteroatoms. The van der Waals surface area contributed by atoms with E-state index in [1.54, 1.807) is 12.3 Å². The van der Waals surface area contributed by atoms with Crippen LogP contribution in [-0.2, 0) is 4.79 Å². The van der Waals surface area contributed by atoms with Crippen molar-refractivity contribution in [2.24, 2.45) is 15.9 Å². The Morgan fingerprint density at radius 1 is 0.955 bits per heavy atom. The number of amides is 1. The average molecular weight is 292 g/mol. The summed E-state index contributed by atoms with van der Waals surface area (Å²) in [7, 11) is 0. The molecule has 0 saturated heterocycles. The van der Waals surface area contributed by atoms with Gasteiger partial charge in [-0.1, -0.05) is 60.7 Å². The first-order chi connectivity index (χ1) is 10.7. The van der Waals surface area contributed by atoms with Gasteiger partial charge in [-0.3, -0.25) is 10.1 Å². The molecule has 0 aromatic heterocycles. The van der Waals surface area contributed by atoms with Crippen LogP contribution in [0.15, 0.2) is 76.9 Å². The second-order valence-electron chi connectivity index (χ2n) is 4.37. The second-order valence-corrected chi connectivity index (χ2v) is 4.37. The summed E-state index contributed by atoms with van der Waals surface area (Å²) in [4.78, 5) is 11.6. The van der Waals surface area contributed by atoms with Gasteiger partial charge in [0.05, 0.1) is 6.21 Å². The molecule has 110 valence electrons. The van der Waals surface area contributed by atoms with Crippen molar-refractivity contribution in [1.29, 1.82) is 0 Å². The number of carbonyl (C=O) groups excluding carboxylic acids is 1. The first-order valence-electron chi connectivity index (χ1n) is 6.70. The fourth-order valence-electron chi connectivity index (χ4n) is 1.63. The van der Waals surface area contributed by atoms with Crippen molar-refractivity contribution < 1.29 is 4.79 Å². The Bertz CT molecular complexity index is 691. The minimum Gasteiger partial charge on any atom is -0.368 e. The highest BCUT2D eigenvalue weighted by Crippen LogP contribution is 2.00. The molecule has 0 fully saturated rings. The van der Waals surface area contributed by atoms with Crippen LogP contribution in [0.1, 0.15) is 11.1 Å². The number of nitrogens with one attached hydrogen (secondary N) is 1. The summed E-state index contributed by atoms with van der Waals surface area (Å²) in [6.07, 6.45) is 4.63. The van der Waals surface area contributed by atoms with Gasteiger partial charge in [-0.25, -0.2) is 0 Å². The lowest BCUT2D eigenvalue weighted by Crippen LogP contribution is -2.35. The third-order valence-electron chi connectivity index (χ3n) is 2.65. The number of guanidine groups is 1. The maximum Gasteiger partial charge on any atom is 0.250 e. The number of carbonyl (C=O) groups is 1. The Kier molecular flexibility index (Phi) is 5.63. The molecule has 0 spiro atoms. The van der Waals surface area contributed by atoms with Crippen molar-refractivity contribution in [2.45, 2.75) is 0 Å². The molecule has 2 rings (SSSR count). The molecule has 0 bridgehead atoms. The van der Waals surface area contributed by atoms with Gasteiger partial charge >= 0.3 is 0 Å². The van der Waals surface area contributed by atoms with E-state index in [4.69, 9.17) is 5.73 Å². The van der Waals surface area contributed by atoms with Crippen LogP contribution in [0.5, 0.6) is 0 Å². The predicted octanol–water partition coefficient (Wildman–Crippen LogP) is 2.16. The molecule has 0 saturated carbocycles. The summed E-state index contributed by atoms with van der Waals surface area (Å²) in [5.74, 6) is -0.421. The monoisotopic (exact) mass is 292 g/mol. The van der Waals surface area contributed by atoms with Crippen molar-refractivity contribution in [2.75, 3.05) is 0 Å². The Balaban J connectivity index is 1.87. The molecule has 5 nitrogen and oxygen atoms in total. The molecular weight excluding hydrogens is 276 g/mol. The molecule has 3 N–H and O–H groups in total. The van der Waals surface area contributed by atoms with Crippen LogP contribution in [0, 0.1) is 0 Å². The van der Waals surface area contributed by atoms with Crippen molar-refractivity contribution >= 4 is 24.2 Å². The van der Waals surface area contributed by atoms with Crippen LogP contribution >= 0.6 is 0 Å². The summed E-state index contributed by atoms with van der Waals surface area (Å²) in [6.45, 7) is 0. The Morgan fingerprint density at radius 2 is 1.55 bits per heavy atom. The van der Waals surface area contributed by atoms with Crippen molar-refractivity contribution in [3.63, 3.8) is 0 Å². The number of nitrogens with zero attached hydrogens (tertiary/aromatic N) is 2. The summed E-state index contributed by atoms with van der Waals surface area (Å²) < 4.78 is 0. The normalized spacial score (nSPS) is 11.9. The second kappa shape index (κ2) is 8.16. The molecule has 0 aliphatic carbocycles. The van der Waals surface area contributed by atoms with Gasteiger partial charge in [0.2, 0.25) is 5.96 Å². The van der Waals surface area contributed by atoms with E-state index in [1.165, 1.54) is 6.08 Å². The average Bonchev–Trinajstić information content (AvgIpc) is 2.55. The maximum absolute atomic E-state index is 11.6. The summed E-state index contributed by atoms with van der Waals surface area (Å²) in [5, 5.41) is 9.95. The SMILES string of the molecule is NC(=N/N=C/c1ccccc1)NC(=O)/C=C/c1ccccc1. The predicted molar refractivity (Wildman–Crippen MR) is 89.3 cm³/mol. The molecule has 0 heterocycles. The first kappa shape index (κ1) is 15.2. The van der Waals surface area contributed by atoms with E-state index in [0.717, 1.165) is 11.1 Å². The van der Waals surface area contributed by atoms with Crippen LogP contribution in [-0.4, -0.2) is 18.1 Å². The van der Waals surface area contributed by atoms with Gasteiger partial charge < -0.3 is 5.73 Å². The van der Waals surface area contributed by atoms with Crippen LogP contribution in [0.2, 0.25) is 0 Å². The highest BCUT2D eigenvalue weighted by atomic mass is 16.1. The highest BCUT2D eigenvalue weighted by molar-refractivity contribution is 6.03. The van der Waals surface area contributed by atoms with Crippen molar-refractivity contribution in [3.05, 3.63) is 77.9 Å². The maximum atomic E-state index is 11.6. The smallest absolute Gasteiger partial charge is 0.250 e. The molecule has 0 aliphatic heterocycles. The molecule has 0 radical (unpaired) electrons. The van der Waals surface area contributed by atoms with E-state index in [-0.39, 0.29) is 11.9 Å². The van der Waals surface area contributed by atoms with Gasteiger partial charge in [0.1, 0.15) is 0 Å². The topological polar surface area (TPSA) is 79.8 Å². The fraction of sp³-hybridized carbons (Fsp3) is 0. The number of rotatable bonds is 4. The van der Waals surface area contributed by atoms with Gasteiger partial charge in [0.15, 0.2) is 0 Å². The van der Waals surface area contributed by atoms with E-state index >= 15 is 0 Å². The van der Waals surface area contributed by atoms with E-state index in [9.17, 15) is 4.79 Å². The molecule has 2 aromatic carbocycles. The van der Waals surface area contributed by atoms with E-state index in [1.807, 2.05) is 60.7 Å². The largest absolute Gasteiger partial charge is 0.368 e. The molecule has 2 aromatic rings. The van der Waals surface area contributed by atoms with Gasteiger partial charge in [-0.2, -0.15) is 5.10 Å². The lowest BCUT2D eigenvalue weighted by atomic mass is 10.2. The highest BCUT2D eigenvalue weighted by Gasteiger charge is 1.97. The van der Waals surface area contributed by atoms with E-state index in [2.05, 4.69) is 15.5 Å². The summed E-state index contributed by atoms with van der Waals surface area (Å²) in [6, 6.07) is 19.0. The zero-order valence-electron chi connectivity index (χ0n) is 11.9. The standard InChI is InChI=1S/C17H16N4O/c18-17(21-19-13-15-9-5-2-6-10-15)20-16(22)12-11-14-7-3-1-4-8-14/h1-13H,(H3,18,20,21,22)/b12-11+,19-13+. The quantitative estimate of drug-likeness (QED) is 0.392. The number of hydrogen-bond donors (Lipinski definition) is 2. The van der Waals surface area contributed by atoms with Crippen LogP contribution < -0.4 is 11.1 Å². The minimum absolute atomic E-state index is 0.0603. The number of benzene rings is 2. The molecule has 0 aliphatic rings. The molecular formula is C17H16N4O. The van der Waals surface area contributed by atoms with E-state index in [0.29, 0.717) is 0 Å². The Hall–Kier alpha value is -3.21. The lowest BCUT2D eigenvalue weighted by molar-refractivity contribution is -0.115. The lowest BCUT2D eigenvalue weighted by Gasteiger charge is -1.98. The van der Waals surface area contributed by atoms with Gasteiger partial charge in [0, 0.05) is 6.08 Å². The first-order valence-corrected chi connectivity index (χ1v) is 6.70. The van der Waals surface area contributed by atoms with Crippen molar-refractivity contribution in [3.8, 4) is 0 Å². The van der Waals surface area contributed by atoms with Crippen molar-refractivity contribution in [1.82, 2.24) is 5.32 Å². The summed E-state index contributed by atoms with van der Waals surface area (Å²) in [5.41, 5.74) is 7.40. The molecule has 1 amide bonds. The van der Waals surface area contributed by atoms with Gasteiger partial charge in [-0.05, 0) is 17.2 Å². The third-order valence-corrected chi connectivity index (χ3v) is 2.65. The number of hydrogen-bond acceptors (Lipinski definition) is 3. The van der Waals surface area contributed by atoms with E-state index < -0.39 is 0 Å². The molecule has 0 unspecified atom stereocenters. The minimum atomic E-state index is -0.361. The fourth-order valence-corrected chi connectivity index (χ4v) is 1.63. The van der Waals surface area contributed by atoms with Gasteiger partial charge in [-0.15, -0.1) is 5.10 Å². The Labute approximate surface area is 128 Å². The van der Waals surface area contributed by atoms with Gasteiger partial charge in [0.25, 0.3) is 5.91 Å².